The highest BCUT2D eigenvalue weighted by Gasteiger charge is 2.05. The summed E-state index contributed by atoms with van der Waals surface area (Å²) >= 11 is 0. The quantitative estimate of drug-likeness (QED) is 0.843. The molecular formula is C14H17N3. The normalized spacial score (nSPS) is 12.1. The zero-order chi connectivity index (χ0) is 12.1. The van der Waals surface area contributed by atoms with Crippen LogP contribution in [0.25, 0.3) is 0 Å². The molecule has 0 fully saturated rings. The summed E-state index contributed by atoms with van der Waals surface area (Å²) in [4.78, 5) is 4.06. The SMILES string of the molecule is Cc1cnccc1NCC(N)c1ccccc1. The Kier molecular flexibility index (Phi) is 3.73. The molecule has 0 aliphatic carbocycles. The third-order valence-corrected chi connectivity index (χ3v) is 2.76. The van der Waals surface area contributed by atoms with Crippen LogP contribution < -0.4 is 11.1 Å². The van der Waals surface area contributed by atoms with Crippen LogP contribution in [0.3, 0.4) is 0 Å². The summed E-state index contributed by atoms with van der Waals surface area (Å²) in [5.41, 5.74) is 9.48. The van der Waals surface area contributed by atoms with E-state index in [1.807, 2.05) is 49.5 Å². The first-order chi connectivity index (χ1) is 8.27. The maximum atomic E-state index is 6.11. The highest BCUT2D eigenvalue weighted by atomic mass is 14.9. The number of pyridine rings is 1. The van der Waals surface area contributed by atoms with Gasteiger partial charge in [-0.3, -0.25) is 4.98 Å². The Balaban J connectivity index is 1.97. The fourth-order valence-electron chi connectivity index (χ4n) is 1.71. The molecule has 1 heterocycles. The molecule has 0 saturated carbocycles. The first-order valence-corrected chi connectivity index (χ1v) is 5.72. The lowest BCUT2D eigenvalue weighted by atomic mass is 10.1. The average molecular weight is 227 g/mol. The van der Waals surface area contributed by atoms with Gasteiger partial charge < -0.3 is 11.1 Å². The van der Waals surface area contributed by atoms with Crippen molar-refractivity contribution in [3.05, 3.63) is 59.9 Å². The van der Waals surface area contributed by atoms with Crippen LogP contribution >= 0.6 is 0 Å². The van der Waals surface area contributed by atoms with Gasteiger partial charge in [0.05, 0.1) is 0 Å². The minimum atomic E-state index is 0.00349. The molecule has 0 aliphatic rings. The van der Waals surface area contributed by atoms with Gasteiger partial charge in [-0.1, -0.05) is 30.3 Å². The summed E-state index contributed by atoms with van der Waals surface area (Å²) in [6, 6.07) is 12.1. The molecule has 0 spiro atoms. The van der Waals surface area contributed by atoms with Crippen molar-refractivity contribution in [2.45, 2.75) is 13.0 Å². The van der Waals surface area contributed by atoms with E-state index in [1.165, 1.54) is 0 Å². The van der Waals surface area contributed by atoms with Gasteiger partial charge in [0, 0.05) is 30.7 Å². The number of hydrogen-bond acceptors (Lipinski definition) is 3. The first kappa shape index (κ1) is 11.6. The Morgan fingerprint density at radius 2 is 2.00 bits per heavy atom. The van der Waals surface area contributed by atoms with E-state index < -0.39 is 0 Å². The number of rotatable bonds is 4. The highest BCUT2D eigenvalue weighted by Crippen LogP contribution is 2.14. The smallest absolute Gasteiger partial charge is 0.0470 e. The zero-order valence-corrected chi connectivity index (χ0v) is 9.93. The lowest BCUT2D eigenvalue weighted by molar-refractivity contribution is 0.764. The Morgan fingerprint density at radius 1 is 1.24 bits per heavy atom. The van der Waals surface area contributed by atoms with Gasteiger partial charge in [0.2, 0.25) is 0 Å². The number of nitrogens with two attached hydrogens (primary N) is 1. The molecule has 1 atom stereocenters. The summed E-state index contributed by atoms with van der Waals surface area (Å²) in [6.07, 6.45) is 3.62. The lowest BCUT2D eigenvalue weighted by Gasteiger charge is -2.15. The highest BCUT2D eigenvalue weighted by molar-refractivity contribution is 5.48. The molecule has 2 aromatic rings. The molecule has 17 heavy (non-hydrogen) atoms. The van der Waals surface area contributed by atoms with Crippen molar-refractivity contribution in [2.24, 2.45) is 5.73 Å². The molecule has 3 heteroatoms. The first-order valence-electron chi connectivity index (χ1n) is 5.72. The third-order valence-electron chi connectivity index (χ3n) is 2.76. The van der Waals surface area contributed by atoms with Crippen molar-refractivity contribution in [3.63, 3.8) is 0 Å². The van der Waals surface area contributed by atoms with Crippen molar-refractivity contribution in [2.75, 3.05) is 11.9 Å². The Bertz CT molecular complexity index is 468. The third kappa shape index (κ3) is 3.04. The second-order valence-electron chi connectivity index (χ2n) is 4.09. The van der Waals surface area contributed by atoms with Crippen LogP contribution in [0.2, 0.25) is 0 Å². The van der Waals surface area contributed by atoms with Crippen LogP contribution in [0, 0.1) is 6.92 Å². The monoisotopic (exact) mass is 227 g/mol. The van der Waals surface area contributed by atoms with Crippen LogP contribution in [0.4, 0.5) is 5.69 Å². The van der Waals surface area contributed by atoms with E-state index in [0.29, 0.717) is 0 Å². The molecule has 88 valence electrons. The second kappa shape index (κ2) is 5.46. The van der Waals surface area contributed by atoms with Crippen LogP contribution in [0.15, 0.2) is 48.8 Å². The van der Waals surface area contributed by atoms with Gasteiger partial charge >= 0.3 is 0 Å². The lowest BCUT2D eigenvalue weighted by Crippen LogP contribution is -2.20. The Labute approximate surface area is 102 Å². The van der Waals surface area contributed by atoms with E-state index in [1.54, 1.807) is 6.20 Å². The molecule has 2 rings (SSSR count). The minimum absolute atomic E-state index is 0.00349. The van der Waals surface area contributed by atoms with Crippen LogP contribution in [0.1, 0.15) is 17.2 Å². The fourth-order valence-corrected chi connectivity index (χ4v) is 1.71. The fraction of sp³-hybridized carbons (Fsp3) is 0.214. The van der Waals surface area contributed by atoms with E-state index in [2.05, 4.69) is 10.3 Å². The molecule has 1 aromatic heterocycles. The van der Waals surface area contributed by atoms with Crippen molar-refractivity contribution in [3.8, 4) is 0 Å². The van der Waals surface area contributed by atoms with E-state index in [0.717, 1.165) is 23.4 Å². The average Bonchev–Trinajstić information content (AvgIpc) is 2.38. The summed E-state index contributed by atoms with van der Waals surface area (Å²) in [7, 11) is 0. The standard InChI is InChI=1S/C14H17N3/c1-11-9-16-8-7-14(11)17-10-13(15)12-5-3-2-4-6-12/h2-9,13H,10,15H2,1H3,(H,16,17). The van der Waals surface area contributed by atoms with Gasteiger partial charge in [-0.15, -0.1) is 0 Å². The van der Waals surface area contributed by atoms with Crippen molar-refractivity contribution >= 4 is 5.69 Å². The molecule has 3 N–H and O–H groups in total. The maximum absolute atomic E-state index is 6.11. The molecule has 0 aliphatic heterocycles. The summed E-state index contributed by atoms with van der Waals surface area (Å²) in [5.74, 6) is 0. The molecule has 0 amide bonds. The number of nitrogens with zero attached hydrogens (tertiary/aromatic N) is 1. The summed E-state index contributed by atoms with van der Waals surface area (Å²) in [6.45, 7) is 2.75. The Hall–Kier alpha value is -1.87. The Morgan fingerprint density at radius 3 is 2.71 bits per heavy atom. The molecule has 0 saturated heterocycles. The van der Waals surface area contributed by atoms with E-state index in [9.17, 15) is 0 Å². The number of benzene rings is 1. The number of hydrogen-bond donors (Lipinski definition) is 2. The van der Waals surface area contributed by atoms with Gasteiger partial charge in [0.15, 0.2) is 0 Å². The predicted molar refractivity (Wildman–Crippen MR) is 70.8 cm³/mol. The molecule has 1 unspecified atom stereocenters. The molecule has 0 bridgehead atoms. The van der Waals surface area contributed by atoms with Crippen molar-refractivity contribution in [1.29, 1.82) is 0 Å². The minimum Gasteiger partial charge on any atom is -0.383 e. The van der Waals surface area contributed by atoms with E-state index in [4.69, 9.17) is 5.73 Å². The summed E-state index contributed by atoms with van der Waals surface area (Å²) in [5, 5.41) is 3.35. The number of anilines is 1. The van der Waals surface area contributed by atoms with Crippen molar-refractivity contribution < 1.29 is 0 Å². The van der Waals surface area contributed by atoms with Crippen molar-refractivity contribution in [1.82, 2.24) is 4.98 Å². The van der Waals surface area contributed by atoms with Gasteiger partial charge in [-0.2, -0.15) is 0 Å². The van der Waals surface area contributed by atoms with E-state index in [-0.39, 0.29) is 6.04 Å². The summed E-state index contributed by atoms with van der Waals surface area (Å²) < 4.78 is 0. The maximum Gasteiger partial charge on any atom is 0.0470 e. The molecule has 3 nitrogen and oxygen atoms in total. The van der Waals surface area contributed by atoms with E-state index >= 15 is 0 Å². The van der Waals surface area contributed by atoms with Gasteiger partial charge in [-0.05, 0) is 24.1 Å². The van der Waals surface area contributed by atoms with Gasteiger partial charge in [0.1, 0.15) is 0 Å². The predicted octanol–water partition coefficient (Wildman–Crippen LogP) is 2.50. The number of nitrogens with one attached hydrogen (secondary N) is 1. The largest absolute Gasteiger partial charge is 0.383 e. The van der Waals surface area contributed by atoms with Gasteiger partial charge in [-0.25, -0.2) is 0 Å². The van der Waals surface area contributed by atoms with Crippen LogP contribution in [-0.2, 0) is 0 Å². The number of aryl methyl sites for hydroxylation is 1. The molecular weight excluding hydrogens is 210 g/mol. The molecule has 0 radical (unpaired) electrons. The second-order valence-corrected chi connectivity index (χ2v) is 4.09. The number of aromatic nitrogens is 1. The van der Waals surface area contributed by atoms with Crippen LogP contribution in [0.5, 0.6) is 0 Å². The molecule has 1 aromatic carbocycles. The topological polar surface area (TPSA) is 50.9 Å². The zero-order valence-electron chi connectivity index (χ0n) is 9.93. The van der Waals surface area contributed by atoms with Crippen LogP contribution in [-0.4, -0.2) is 11.5 Å². The van der Waals surface area contributed by atoms with Gasteiger partial charge in [0.25, 0.3) is 0 Å².